The molecule has 112 valence electrons. The van der Waals surface area contributed by atoms with Crippen LogP contribution in [0.4, 0.5) is 0 Å². The number of aliphatic hydroxyl groups excluding tert-OH is 1. The summed E-state index contributed by atoms with van der Waals surface area (Å²) in [5.41, 5.74) is 6.38. The lowest BCUT2D eigenvalue weighted by atomic mass is 9.72. The van der Waals surface area contributed by atoms with Crippen LogP contribution in [0.1, 0.15) is 26.7 Å². The predicted octanol–water partition coefficient (Wildman–Crippen LogP) is 0.606. The van der Waals surface area contributed by atoms with E-state index in [4.69, 9.17) is 10.8 Å². The Hall–Kier alpha value is -0.160. The Bertz CT molecular complexity index is 254. The smallest absolute Gasteiger partial charge is 0.0558 e. The van der Waals surface area contributed by atoms with E-state index in [1.165, 1.54) is 19.4 Å². The molecule has 2 fully saturated rings. The van der Waals surface area contributed by atoms with Crippen LogP contribution in [-0.4, -0.2) is 66.8 Å². The third kappa shape index (κ3) is 4.15. The molecule has 1 saturated heterocycles. The fourth-order valence-corrected chi connectivity index (χ4v) is 3.92. The molecule has 1 heterocycles. The van der Waals surface area contributed by atoms with Gasteiger partial charge in [0.15, 0.2) is 0 Å². The normalized spacial score (nSPS) is 38.5. The van der Waals surface area contributed by atoms with Crippen LogP contribution in [-0.2, 0) is 0 Å². The summed E-state index contributed by atoms with van der Waals surface area (Å²) in [5.74, 6) is 2.22. The summed E-state index contributed by atoms with van der Waals surface area (Å²) in [7, 11) is 0. The Morgan fingerprint density at radius 2 is 1.68 bits per heavy atom. The van der Waals surface area contributed by atoms with Gasteiger partial charge in [-0.15, -0.1) is 0 Å². The molecular formula is C15H31N3O. The van der Waals surface area contributed by atoms with Crippen molar-refractivity contribution in [3.63, 3.8) is 0 Å². The van der Waals surface area contributed by atoms with Gasteiger partial charge in [0.2, 0.25) is 0 Å². The molecule has 0 radical (unpaired) electrons. The quantitative estimate of drug-likeness (QED) is 0.785. The van der Waals surface area contributed by atoms with Gasteiger partial charge in [-0.05, 0) is 30.6 Å². The van der Waals surface area contributed by atoms with Crippen LogP contribution in [0.15, 0.2) is 0 Å². The molecule has 1 saturated carbocycles. The molecule has 4 atom stereocenters. The number of piperazine rings is 1. The molecule has 0 aromatic carbocycles. The van der Waals surface area contributed by atoms with E-state index < -0.39 is 0 Å². The van der Waals surface area contributed by atoms with E-state index in [0.717, 1.165) is 44.6 Å². The van der Waals surface area contributed by atoms with Crippen molar-refractivity contribution in [1.82, 2.24) is 9.80 Å². The molecule has 1 aliphatic carbocycles. The van der Waals surface area contributed by atoms with Gasteiger partial charge in [0.1, 0.15) is 0 Å². The lowest BCUT2D eigenvalue weighted by molar-refractivity contribution is 0.0704. The minimum atomic E-state index is 0.280. The van der Waals surface area contributed by atoms with E-state index in [-0.39, 0.29) is 6.61 Å². The maximum absolute atomic E-state index is 8.97. The lowest BCUT2D eigenvalue weighted by Crippen LogP contribution is -2.52. The molecule has 4 unspecified atom stereocenters. The highest BCUT2D eigenvalue weighted by molar-refractivity contribution is 4.88. The monoisotopic (exact) mass is 269 g/mol. The molecule has 0 amide bonds. The summed E-state index contributed by atoms with van der Waals surface area (Å²) in [4.78, 5) is 4.92. The predicted molar refractivity (Wildman–Crippen MR) is 79.0 cm³/mol. The van der Waals surface area contributed by atoms with Crippen LogP contribution in [0.2, 0.25) is 0 Å². The average molecular weight is 269 g/mol. The van der Waals surface area contributed by atoms with Gasteiger partial charge in [0.05, 0.1) is 6.61 Å². The molecule has 0 bridgehead atoms. The van der Waals surface area contributed by atoms with Gasteiger partial charge < -0.3 is 15.7 Å². The fourth-order valence-electron chi connectivity index (χ4n) is 3.92. The molecule has 2 rings (SSSR count). The van der Waals surface area contributed by atoms with Gasteiger partial charge in [-0.1, -0.05) is 13.8 Å². The maximum Gasteiger partial charge on any atom is 0.0558 e. The fraction of sp³-hybridized carbons (Fsp3) is 1.00. The number of nitrogens with two attached hydrogens (primary N) is 1. The molecule has 4 heteroatoms. The molecule has 2 aliphatic rings. The SMILES string of the molecule is CC1CC(C)C(CN2CCN(CCO)CC2)C(N)C1. The first-order valence-electron chi connectivity index (χ1n) is 7.91. The number of hydrogen-bond acceptors (Lipinski definition) is 4. The number of β-amino-alcohol motifs (C(OH)–C–C–N with tert-alkyl or cyclic N) is 1. The van der Waals surface area contributed by atoms with Crippen molar-refractivity contribution in [2.75, 3.05) is 45.9 Å². The highest BCUT2D eigenvalue weighted by Crippen LogP contribution is 2.33. The zero-order chi connectivity index (χ0) is 13.8. The number of aliphatic hydroxyl groups is 1. The van der Waals surface area contributed by atoms with Crippen LogP contribution >= 0.6 is 0 Å². The van der Waals surface area contributed by atoms with Crippen molar-refractivity contribution in [1.29, 1.82) is 0 Å². The van der Waals surface area contributed by atoms with Crippen molar-refractivity contribution in [2.45, 2.75) is 32.7 Å². The summed E-state index contributed by atoms with van der Waals surface area (Å²) in [5, 5.41) is 8.97. The Labute approximate surface area is 117 Å². The first-order chi connectivity index (χ1) is 9.10. The minimum Gasteiger partial charge on any atom is -0.395 e. The number of hydrogen-bond donors (Lipinski definition) is 2. The summed E-state index contributed by atoms with van der Waals surface area (Å²) >= 11 is 0. The average Bonchev–Trinajstić information content (AvgIpc) is 2.36. The van der Waals surface area contributed by atoms with Gasteiger partial charge in [-0.25, -0.2) is 0 Å². The van der Waals surface area contributed by atoms with E-state index in [1.807, 2.05) is 0 Å². The van der Waals surface area contributed by atoms with Crippen LogP contribution in [0, 0.1) is 17.8 Å². The van der Waals surface area contributed by atoms with E-state index in [0.29, 0.717) is 12.0 Å². The molecule has 1 aliphatic heterocycles. The van der Waals surface area contributed by atoms with Crippen molar-refractivity contribution in [2.24, 2.45) is 23.5 Å². The zero-order valence-electron chi connectivity index (χ0n) is 12.6. The molecule has 3 N–H and O–H groups in total. The van der Waals surface area contributed by atoms with Crippen molar-refractivity contribution >= 4 is 0 Å². The largest absolute Gasteiger partial charge is 0.395 e. The molecular weight excluding hydrogens is 238 g/mol. The second kappa shape index (κ2) is 7.02. The van der Waals surface area contributed by atoms with E-state index >= 15 is 0 Å². The highest BCUT2D eigenvalue weighted by atomic mass is 16.3. The second-order valence-corrected chi connectivity index (χ2v) is 6.75. The first kappa shape index (κ1) is 15.2. The minimum absolute atomic E-state index is 0.280. The van der Waals surface area contributed by atoms with Crippen LogP contribution in [0.3, 0.4) is 0 Å². The van der Waals surface area contributed by atoms with Gasteiger partial charge in [0.25, 0.3) is 0 Å². The zero-order valence-corrected chi connectivity index (χ0v) is 12.6. The Kier molecular flexibility index (Phi) is 5.63. The van der Waals surface area contributed by atoms with Crippen LogP contribution in [0.5, 0.6) is 0 Å². The molecule has 4 nitrogen and oxygen atoms in total. The van der Waals surface area contributed by atoms with Gasteiger partial charge in [0, 0.05) is 45.3 Å². The Morgan fingerprint density at radius 3 is 2.26 bits per heavy atom. The number of nitrogens with zero attached hydrogens (tertiary/aromatic N) is 2. The standard InChI is InChI=1S/C15H31N3O/c1-12-9-13(2)14(15(16)10-12)11-18-5-3-17(4-6-18)7-8-19/h12-15,19H,3-11,16H2,1-2H3. The Balaban J connectivity index is 1.78. The van der Waals surface area contributed by atoms with E-state index in [9.17, 15) is 0 Å². The molecule has 19 heavy (non-hydrogen) atoms. The second-order valence-electron chi connectivity index (χ2n) is 6.75. The summed E-state index contributed by atoms with van der Waals surface area (Å²) in [6.07, 6.45) is 2.53. The summed E-state index contributed by atoms with van der Waals surface area (Å²) < 4.78 is 0. The molecule has 0 aromatic heterocycles. The van der Waals surface area contributed by atoms with Crippen molar-refractivity contribution in [3.05, 3.63) is 0 Å². The van der Waals surface area contributed by atoms with Crippen LogP contribution < -0.4 is 5.73 Å². The topological polar surface area (TPSA) is 52.7 Å². The van der Waals surface area contributed by atoms with Crippen LogP contribution in [0.25, 0.3) is 0 Å². The lowest BCUT2D eigenvalue weighted by Gasteiger charge is -2.42. The third-order valence-electron chi connectivity index (χ3n) is 5.08. The summed E-state index contributed by atoms with van der Waals surface area (Å²) in [6, 6.07) is 0.384. The molecule has 0 spiro atoms. The third-order valence-corrected chi connectivity index (χ3v) is 5.08. The maximum atomic E-state index is 8.97. The van der Waals surface area contributed by atoms with Crippen molar-refractivity contribution < 1.29 is 5.11 Å². The Morgan fingerprint density at radius 1 is 1.05 bits per heavy atom. The van der Waals surface area contributed by atoms with Gasteiger partial charge >= 0.3 is 0 Å². The highest BCUT2D eigenvalue weighted by Gasteiger charge is 2.33. The molecule has 0 aromatic rings. The van der Waals surface area contributed by atoms with Crippen molar-refractivity contribution in [3.8, 4) is 0 Å². The number of rotatable bonds is 4. The van der Waals surface area contributed by atoms with E-state index in [2.05, 4.69) is 23.6 Å². The van der Waals surface area contributed by atoms with E-state index in [1.54, 1.807) is 0 Å². The van der Waals surface area contributed by atoms with Gasteiger partial charge in [-0.2, -0.15) is 0 Å². The summed E-state index contributed by atoms with van der Waals surface area (Å²) in [6.45, 7) is 11.4. The first-order valence-corrected chi connectivity index (χ1v) is 7.91. The van der Waals surface area contributed by atoms with Gasteiger partial charge in [-0.3, -0.25) is 4.90 Å².